The Labute approximate surface area is 81.1 Å². The third-order valence-corrected chi connectivity index (χ3v) is 2.94. The Kier molecular flexibility index (Phi) is 3.71. The highest BCUT2D eigenvalue weighted by atomic mass is 16.3. The van der Waals surface area contributed by atoms with Gasteiger partial charge in [0.15, 0.2) is 0 Å². The van der Waals surface area contributed by atoms with Crippen molar-refractivity contribution in [1.29, 1.82) is 0 Å². The lowest BCUT2D eigenvalue weighted by molar-refractivity contribution is -0.0372. The maximum atomic E-state index is 10.1. The van der Waals surface area contributed by atoms with Gasteiger partial charge in [-0.3, -0.25) is 5.43 Å². The Bertz CT molecular complexity index is 151. The zero-order valence-corrected chi connectivity index (χ0v) is 9.01. The molecule has 2 N–H and O–H groups in total. The van der Waals surface area contributed by atoms with Crippen LogP contribution in [0.3, 0.4) is 0 Å². The Morgan fingerprint density at radius 2 is 2.15 bits per heavy atom. The van der Waals surface area contributed by atoms with Gasteiger partial charge in [0.25, 0.3) is 0 Å². The summed E-state index contributed by atoms with van der Waals surface area (Å²) in [6.45, 7) is 8.86. The van der Waals surface area contributed by atoms with Crippen LogP contribution in [0.5, 0.6) is 0 Å². The van der Waals surface area contributed by atoms with Crippen molar-refractivity contribution in [2.45, 2.75) is 39.2 Å². The predicted molar refractivity (Wildman–Crippen MR) is 54.3 cm³/mol. The van der Waals surface area contributed by atoms with E-state index in [0.29, 0.717) is 5.92 Å². The normalized spacial score (nSPS) is 24.7. The van der Waals surface area contributed by atoms with Crippen LogP contribution in [0.25, 0.3) is 0 Å². The van der Waals surface area contributed by atoms with Crippen LogP contribution >= 0.6 is 0 Å². The van der Waals surface area contributed by atoms with E-state index in [2.05, 4.69) is 24.3 Å². The zero-order chi connectivity index (χ0) is 9.90. The Hall–Kier alpha value is -0.120. The molecule has 0 saturated carbocycles. The molecule has 1 aliphatic rings. The molecule has 0 aliphatic carbocycles. The highest BCUT2D eigenvalue weighted by Crippen LogP contribution is 2.17. The quantitative estimate of drug-likeness (QED) is 0.690. The molecular formula is C10H22N2O. The van der Waals surface area contributed by atoms with Crippen LogP contribution < -0.4 is 5.43 Å². The van der Waals surface area contributed by atoms with Gasteiger partial charge in [-0.2, -0.15) is 0 Å². The summed E-state index contributed by atoms with van der Waals surface area (Å²) < 4.78 is 0. The number of nitrogens with zero attached hydrogens (tertiary/aromatic N) is 1. The molecule has 3 nitrogen and oxygen atoms in total. The van der Waals surface area contributed by atoms with Crippen molar-refractivity contribution in [3.8, 4) is 0 Å². The molecular weight excluding hydrogens is 164 g/mol. The Morgan fingerprint density at radius 1 is 1.46 bits per heavy atom. The fraction of sp³-hybridized carbons (Fsp3) is 1.00. The van der Waals surface area contributed by atoms with Gasteiger partial charge >= 0.3 is 0 Å². The van der Waals surface area contributed by atoms with E-state index in [1.54, 1.807) is 0 Å². The molecule has 1 aliphatic heterocycles. The van der Waals surface area contributed by atoms with Crippen LogP contribution in [0, 0.1) is 5.92 Å². The van der Waals surface area contributed by atoms with Crippen molar-refractivity contribution in [3.05, 3.63) is 0 Å². The second kappa shape index (κ2) is 4.40. The summed E-state index contributed by atoms with van der Waals surface area (Å²) in [7, 11) is 0. The molecule has 1 rings (SSSR count). The first-order valence-electron chi connectivity index (χ1n) is 5.23. The number of β-amino-alcohol motifs (C(OH)–C–C–N with tert-alkyl or cyclic N) is 1. The maximum Gasteiger partial charge on any atom is 0.0782 e. The topological polar surface area (TPSA) is 35.5 Å². The minimum Gasteiger partial charge on any atom is -0.389 e. The van der Waals surface area contributed by atoms with Gasteiger partial charge in [-0.1, -0.05) is 13.8 Å². The molecule has 78 valence electrons. The second-order valence-electron chi connectivity index (χ2n) is 4.55. The fourth-order valence-electron chi connectivity index (χ4n) is 1.45. The van der Waals surface area contributed by atoms with E-state index in [4.69, 9.17) is 0 Å². The van der Waals surface area contributed by atoms with Gasteiger partial charge < -0.3 is 5.11 Å². The molecule has 0 aromatic rings. The van der Waals surface area contributed by atoms with Crippen LogP contribution in [-0.4, -0.2) is 35.4 Å². The first-order valence-corrected chi connectivity index (χ1v) is 5.23. The molecule has 1 fully saturated rings. The fourth-order valence-corrected chi connectivity index (χ4v) is 1.45. The van der Waals surface area contributed by atoms with Crippen LogP contribution in [0.4, 0.5) is 0 Å². The highest BCUT2D eigenvalue weighted by Gasteiger charge is 2.28. The van der Waals surface area contributed by atoms with Crippen LogP contribution in [0.1, 0.15) is 33.6 Å². The van der Waals surface area contributed by atoms with E-state index < -0.39 is 5.60 Å². The van der Waals surface area contributed by atoms with Gasteiger partial charge in [0, 0.05) is 19.6 Å². The van der Waals surface area contributed by atoms with E-state index in [1.165, 1.54) is 12.8 Å². The molecule has 1 saturated heterocycles. The standard InChI is InChI=1S/C10H22N2O/c1-9(2)10(3,13)8-12-7-5-4-6-11-12/h9,11,13H,4-8H2,1-3H3. The number of aliphatic hydroxyl groups is 1. The summed E-state index contributed by atoms with van der Waals surface area (Å²) in [5, 5.41) is 12.2. The van der Waals surface area contributed by atoms with Crippen LogP contribution in [0.2, 0.25) is 0 Å². The molecule has 0 amide bonds. The minimum atomic E-state index is -0.579. The van der Waals surface area contributed by atoms with Crippen LogP contribution in [0.15, 0.2) is 0 Å². The summed E-state index contributed by atoms with van der Waals surface area (Å²) in [6.07, 6.45) is 2.49. The highest BCUT2D eigenvalue weighted by molar-refractivity contribution is 4.80. The third kappa shape index (κ3) is 3.25. The molecule has 3 heteroatoms. The predicted octanol–water partition coefficient (Wildman–Crippen LogP) is 0.994. The largest absolute Gasteiger partial charge is 0.389 e. The molecule has 0 aromatic heterocycles. The first kappa shape index (κ1) is 11.0. The monoisotopic (exact) mass is 186 g/mol. The van der Waals surface area contributed by atoms with E-state index in [1.807, 2.05) is 6.92 Å². The number of rotatable bonds is 3. The summed E-state index contributed by atoms with van der Waals surface area (Å²) in [6, 6.07) is 0. The van der Waals surface area contributed by atoms with Crippen LogP contribution in [-0.2, 0) is 0 Å². The zero-order valence-electron chi connectivity index (χ0n) is 9.01. The summed E-state index contributed by atoms with van der Waals surface area (Å²) in [5.41, 5.74) is 2.72. The van der Waals surface area contributed by atoms with Crippen molar-refractivity contribution in [2.24, 2.45) is 5.92 Å². The minimum absolute atomic E-state index is 0.302. The summed E-state index contributed by atoms with van der Waals surface area (Å²) in [5.74, 6) is 0.302. The van der Waals surface area contributed by atoms with E-state index in [-0.39, 0.29) is 0 Å². The molecule has 1 heterocycles. The van der Waals surface area contributed by atoms with Crippen molar-refractivity contribution in [2.75, 3.05) is 19.6 Å². The van der Waals surface area contributed by atoms with Gasteiger partial charge in [0.2, 0.25) is 0 Å². The first-order chi connectivity index (χ1) is 6.02. The van der Waals surface area contributed by atoms with Crippen molar-refractivity contribution >= 4 is 0 Å². The smallest absolute Gasteiger partial charge is 0.0782 e. The molecule has 1 atom stereocenters. The van der Waals surface area contributed by atoms with E-state index >= 15 is 0 Å². The number of hydrogen-bond acceptors (Lipinski definition) is 3. The SMILES string of the molecule is CC(C)C(C)(O)CN1CCCCN1. The van der Waals surface area contributed by atoms with Gasteiger partial charge in [-0.15, -0.1) is 0 Å². The summed E-state index contributed by atoms with van der Waals surface area (Å²) >= 11 is 0. The van der Waals surface area contributed by atoms with Gasteiger partial charge in [-0.05, 0) is 25.7 Å². The second-order valence-corrected chi connectivity index (χ2v) is 4.55. The van der Waals surface area contributed by atoms with Crippen molar-refractivity contribution < 1.29 is 5.11 Å². The maximum absolute atomic E-state index is 10.1. The lowest BCUT2D eigenvalue weighted by atomic mass is 9.92. The van der Waals surface area contributed by atoms with Gasteiger partial charge in [0.05, 0.1) is 5.60 Å². The number of hydrazine groups is 1. The van der Waals surface area contributed by atoms with Crippen molar-refractivity contribution in [3.63, 3.8) is 0 Å². The third-order valence-electron chi connectivity index (χ3n) is 2.94. The number of nitrogens with one attached hydrogen (secondary N) is 1. The molecule has 1 unspecified atom stereocenters. The molecule has 13 heavy (non-hydrogen) atoms. The molecule has 0 bridgehead atoms. The average Bonchev–Trinajstić information content (AvgIpc) is 2.05. The van der Waals surface area contributed by atoms with Gasteiger partial charge in [-0.25, -0.2) is 5.01 Å². The van der Waals surface area contributed by atoms with E-state index in [9.17, 15) is 5.11 Å². The van der Waals surface area contributed by atoms with Crippen molar-refractivity contribution in [1.82, 2.24) is 10.4 Å². The number of hydrogen-bond donors (Lipinski definition) is 2. The average molecular weight is 186 g/mol. The Balaban J connectivity index is 2.37. The molecule has 0 aromatic carbocycles. The summed E-state index contributed by atoms with van der Waals surface area (Å²) in [4.78, 5) is 0. The lowest BCUT2D eigenvalue weighted by Crippen LogP contribution is -2.52. The molecule has 0 radical (unpaired) electrons. The lowest BCUT2D eigenvalue weighted by Gasteiger charge is -2.36. The molecule has 0 spiro atoms. The van der Waals surface area contributed by atoms with Gasteiger partial charge in [0.1, 0.15) is 0 Å². The van der Waals surface area contributed by atoms with E-state index in [0.717, 1.165) is 19.6 Å². The Morgan fingerprint density at radius 3 is 2.62 bits per heavy atom.